The Hall–Kier alpha value is -1.79. The predicted octanol–water partition coefficient (Wildman–Crippen LogP) is 3.30. The van der Waals surface area contributed by atoms with Crippen LogP contribution in [0.25, 0.3) is 0 Å². The van der Waals surface area contributed by atoms with E-state index in [1.165, 1.54) is 30.6 Å². The second kappa shape index (κ2) is 5.24. The van der Waals surface area contributed by atoms with Crippen LogP contribution in [0.5, 0.6) is 16.7 Å². The summed E-state index contributed by atoms with van der Waals surface area (Å²) in [5.41, 5.74) is 0.000623. The van der Waals surface area contributed by atoms with Gasteiger partial charge in [-0.2, -0.15) is 4.98 Å². The zero-order valence-electron chi connectivity index (χ0n) is 9.21. The molecule has 0 atom stereocenters. The minimum absolute atomic E-state index is 0.000623. The molecule has 0 aliphatic rings. The number of hydrogen-bond donors (Lipinski definition) is 1. The second-order valence-corrected chi connectivity index (χ2v) is 4.41. The van der Waals surface area contributed by atoms with Crippen molar-refractivity contribution < 1.29 is 19.4 Å². The maximum absolute atomic E-state index is 11.1. The third-order valence-electron chi connectivity index (χ3n) is 2.07. The summed E-state index contributed by atoms with van der Waals surface area (Å²) in [6.45, 7) is 0. The first-order valence-corrected chi connectivity index (χ1v) is 6.06. The van der Waals surface area contributed by atoms with Crippen LogP contribution in [0.15, 0.2) is 23.6 Å². The number of nitrogens with zero attached hydrogens (tertiary/aromatic N) is 1. The summed E-state index contributed by atoms with van der Waals surface area (Å²) in [6.07, 6.45) is 0. The van der Waals surface area contributed by atoms with Gasteiger partial charge in [-0.25, -0.2) is 4.79 Å². The van der Waals surface area contributed by atoms with Gasteiger partial charge in [-0.15, -0.1) is 0 Å². The number of rotatable bonds is 4. The highest BCUT2D eigenvalue weighted by Gasteiger charge is 2.14. The Balaban J connectivity index is 2.34. The van der Waals surface area contributed by atoms with Gasteiger partial charge in [0.15, 0.2) is 0 Å². The van der Waals surface area contributed by atoms with Crippen LogP contribution in [0.3, 0.4) is 0 Å². The number of benzene rings is 1. The molecular weight excluding hydrogens is 278 g/mol. The molecular formula is C11H8ClNO4S. The van der Waals surface area contributed by atoms with E-state index in [0.29, 0.717) is 10.9 Å². The monoisotopic (exact) mass is 285 g/mol. The first kappa shape index (κ1) is 12.7. The molecule has 1 N–H and O–H groups in total. The highest BCUT2D eigenvalue weighted by molar-refractivity contribution is 7.11. The van der Waals surface area contributed by atoms with Gasteiger partial charge in [-0.05, 0) is 18.2 Å². The normalized spacial score (nSPS) is 10.1. The largest absolute Gasteiger partial charge is 0.497 e. The molecule has 7 heteroatoms. The molecule has 18 heavy (non-hydrogen) atoms. The van der Waals surface area contributed by atoms with E-state index in [1.54, 1.807) is 11.4 Å². The van der Waals surface area contributed by atoms with Crippen molar-refractivity contribution in [3.8, 4) is 16.7 Å². The molecule has 0 saturated carbocycles. The van der Waals surface area contributed by atoms with Gasteiger partial charge in [0.25, 0.3) is 5.19 Å². The Morgan fingerprint density at radius 3 is 2.83 bits per heavy atom. The molecule has 1 heterocycles. The fraction of sp³-hybridized carbons (Fsp3) is 0.0909. The SMILES string of the molecule is COc1ccc(Oc2nc(Cl)cs2)c(C(=O)O)c1. The van der Waals surface area contributed by atoms with Crippen LogP contribution in [0, 0.1) is 0 Å². The van der Waals surface area contributed by atoms with Crippen molar-refractivity contribution in [2.75, 3.05) is 7.11 Å². The molecule has 0 radical (unpaired) electrons. The number of thiazole rings is 1. The van der Waals surface area contributed by atoms with E-state index < -0.39 is 5.97 Å². The van der Waals surface area contributed by atoms with Gasteiger partial charge < -0.3 is 14.6 Å². The minimum Gasteiger partial charge on any atom is -0.497 e. The molecule has 0 amide bonds. The first-order chi connectivity index (χ1) is 8.60. The number of carbonyl (C=O) groups is 1. The molecule has 0 aliphatic carbocycles. The molecule has 0 unspecified atom stereocenters. The maximum atomic E-state index is 11.1. The van der Waals surface area contributed by atoms with Gasteiger partial charge in [-0.1, -0.05) is 22.9 Å². The first-order valence-electron chi connectivity index (χ1n) is 4.80. The molecule has 1 aromatic heterocycles. The van der Waals surface area contributed by atoms with Crippen molar-refractivity contribution in [1.82, 2.24) is 4.98 Å². The van der Waals surface area contributed by atoms with E-state index in [-0.39, 0.29) is 16.5 Å². The van der Waals surface area contributed by atoms with Crippen molar-refractivity contribution >= 4 is 28.9 Å². The number of aromatic nitrogens is 1. The summed E-state index contributed by atoms with van der Waals surface area (Å²) >= 11 is 6.84. The lowest BCUT2D eigenvalue weighted by Crippen LogP contribution is -2.00. The van der Waals surface area contributed by atoms with Crippen LogP contribution >= 0.6 is 22.9 Å². The molecule has 0 bridgehead atoms. The highest BCUT2D eigenvalue weighted by Crippen LogP contribution is 2.31. The number of halogens is 1. The molecule has 2 rings (SSSR count). The lowest BCUT2D eigenvalue weighted by atomic mass is 10.2. The molecule has 0 spiro atoms. The van der Waals surface area contributed by atoms with Crippen molar-refractivity contribution in [3.63, 3.8) is 0 Å². The predicted molar refractivity (Wildman–Crippen MR) is 67.2 cm³/mol. The van der Waals surface area contributed by atoms with Crippen molar-refractivity contribution in [1.29, 1.82) is 0 Å². The third-order valence-corrected chi connectivity index (χ3v) is 3.11. The lowest BCUT2D eigenvalue weighted by Gasteiger charge is -2.07. The summed E-state index contributed by atoms with van der Waals surface area (Å²) in [6, 6.07) is 4.50. The Labute approximate surface area is 112 Å². The fourth-order valence-corrected chi connectivity index (χ4v) is 2.07. The summed E-state index contributed by atoms with van der Waals surface area (Å²) in [7, 11) is 1.46. The summed E-state index contributed by atoms with van der Waals surface area (Å²) in [5.74, 6) is -0.474. The molecule has 5 nitrogen and oxygen atoms in total. The van der Waals surface area contributed by atoms with Crippen molar-refractivity contribution in [2.45, 2.75) is 0 Å². The lowest BCUT2D eigenvalue weighted by molar-refractivity contribution is 0.0693. The number of hydrogen-bond acceptors (Lipinski definition) is 5. The van der Waals surface area contributed by atoms with Crippen LogP contribution in [0.1, 0.15) is 10.4 Å². The molecule has 1 aromatic carbocycles. The molecule has 0 aliphatic heterocycles. The van der Waals surface area contributed by atoms with Gasteiger partial charge in [0, 0.05) is 5.38 Å². The van der Waals surface area contributed by atoms with Crippen LogP contribution in [0.4, 0.5) is 0 Å². The van der Waals surface area contributed by atoms with Crippen LogP contribution in [-0.2, 0) is 0 Å². The smallest absolute Gasteiger partial charge is 0.339 e. The van der Waals surface area contributed by atoms with Crippen molar-refractivity contribution in [3.05, 3.63) is 34.3 Å². The zero-order valence-corrected chi connectivity index (χ0v) is 10.8. The number of aromatic carboxylic acids is 1. The Morgan fingerprint density at radius 1 is 1.50 bits per heavy atom. The van der Waals surface area contributed by atoms with Gasteiger partial charge in [-0.3, -0.25) is 0 Å². The molecule has 2 aromatic rings. The van der Waals surface area contributed by atoms with Gasteiger partial charge in [0.2, 0.25) is 0 Å². The van der Waals surface area contributed by atoms with E-state index in [1.807, 2.05) is 0 Å². The van der Waals surface area contributed by atoms with Crippen LogP contribution in [0.2, 0.25) is 5.15 Å². The van der Waals surface area contributed by atoms with E-state index in [0.717, 1.165) is 0 Å². The van der Waals surface area contributed by atoms with Crippen molar-refractivity contribution in [2.24, 2.45) is 0 Å². The molecule has 0 saturated heterocycles. The van der Waals surface area contributed by atoms with E-state index in [2.05, 4.69) is 4.98 Å². The molecule has 0 fully saturated rings. The number of methoxy groups -OCH3 is 1. The summed E-state index contributed by atoms with van der Waals surface area (Å²) < 4.78 is 10.3. The van der Waals surface area contributed by atoms with Gasteiger partial charge >= 0.3 is 5.97 Å². The maximum Gasteiger partial charge on any atom is 0.339 e. The van der Waals surface area contributed by atoms with E-state index in [9.17, 15) is 4.79 Å². The highest BCUT2D eigenvalue weighted by atomic mass is 35.5. The zero-order chi connectivity index (χ0) is 13.1. The van der Waals surface area contributed by atoms with Gasteiger partial charge in [0.05, 0.1) is 7.11 Å². The van der Waals surface area contributed by atoms with E-state index in [4.69, 9.17) is 26.2 Å². The topological polar surface area (TPSA) is 68.7 Å². The summed E-state index contributed by atoms with van der Waals surface area (Å²) in [4.78, 5) is 15.0. The van der Waals surface area contributed by atoms with Crippen LogP contribution < -0.4 is 9.47 Å². The number of carboxylic acid groups (broad SMARTS) is 1. The quantitative estimate of drug-likeness (QED) is 0.933. The Morgan fingerprint density at radius 2 is 2.28 bits per heavy atom. The minimum atomic E-state index is -1.11. The van der Waals surface area contributed by atoms with E-state index >= 15 is 0 Å². The summed E-state index contributed by atoms with van der Waals surface area (Å²) in [5, 5.41) is 11.3. The van der Waals surface area contributed by atoms with Gasteiger partial charge in [0.1, 0.15) is 22.2 Å². The average Bonchev–Trinajstić information content (AvgIpc) is 2.75. The van der Waals surface area contributed by atoms with Crippen LogP contribution in [-0.4, -0.2) is 23.2 Å². The molecule has 94 valence electrons. The Kier molecular flexibility index (Phi) is 3.69. The fourth-order valence-electron chi connectivity index (χ4n) is 1.27. The average molecular weight is 286 g/mol. The number of ether oxygens (including phenoxy) is 2. The third kappa shape index (κ3) is 2.72. The standard InChI is InChI=1S/C11H8ClNO4S/c1-16-6-2-3-8(7(4-6)10(14)15)17-11-13-9(12)5-18-11/h2-5H,1H3,(H,14,15). The second-order valence-electron chi connectivity index (χ2n) is 3.21. The Bertz CT molecular complexity index is 584. The number of carboxylic acids is 1.